The summed E-state index contributed by atoms with van der Waals surface area (Å²) in [4.78, 5) is 19.4. The number of pyridine rings is 1. The number of amides is 1. The van der Waals surface area contributed by atoms with E-state index in [1.165, 1.54) is 10.9 Å². The van der Waals surface area contributed by atoms with Crippen LogP contribution < -0.4 is 5.32 Å². The van der Waals surface area contributed by atoms with E-state index in [-0.39, 0.29) is 11.9 Å². The smallest absolute Gasteiger partial charge is 0.220 e. The maximum atomic E-state index is 11.9. The lowest BCUT2D eigenvalue weighted by atomic mass is 10.1. The summed E-state index contributed by atoms with van der Waals surface area (Å²) in [6, 6.07) is 8.56. The summed E-state index contributed by atoms with van der Waals surface area (Å²) in [7, 11) is 0. The Labute approximate surface area is 129 Å². The van der Waals surface area contributed by atoms with Crippen LogP contribution in [-0.2, 0) is 11.2 Å². The second kappa shape index (κ2) is 6.18. The maximum absolute atomic E-state index is 11.9. The fourth-order valence-electron chi connectivity index (χ4n) is 2.66. The molecule has 4 nitrogen and oxygen atoms in total. The van der Waals surface area contributed by atoms with Crippen molar-refractivity contribution in [2.45, 2.75) is 39.2 Å². The Morgan fingerprint density at radius 1 is 1.27 bits per heavy atom. The van der Waals surface area contributed by atoms with Crippen LogP contribution in [0.25, 0.3) is 21.8 Å². The standard InChI is InChI=1S/C18H21N3O/c1-3-12(2)20-18(22)7-5-13-4-6-14-15-11-19-9-8-16(15)21-17(14)10-13/h4,6,8-12,21H,3,5,7H2,1-2H3,(H,20,22)/t12-/m0/s1. The molecule has 114 valence electrons. The summed E-state index contributed by atoms with van der Waals surface area (Å²) in [6.07, 6.45) is 5.91. The van der Waals surface area contributed by atoms with Gasteiger partial charge in [-0.25, -0.2) is 0 Å². The van der Waals surface area contributed by atoms with Gasteiger partial charge < -0.3 is 10.3 Å². The summed E-state index contributed by atoms with van der Waals surface area (Å²) in [5, 5.41) is 5.32. The number of aromatic amines is 1. The number of carbonyl (C=O) groups is 1. The molecular weight excluding hydrogens is 274 g/mol. The molecule has 2 heterocycles. The average Bonchev–Trinajstić information content (AvgIpc) is 2.90. The molecular formula is C18H21N3O. The molecule has 1 atom stereocenters. The summed E-state index contributed by atoms with van der Waals surface area (Å²) >= 11 is 0. The topological polar surface area (TPSA) is 57.8 Å². The highest BCUT2D eigenvalue weighted by atomic mass is 16.1. The molecule has 0 fully saturated rings. The van der Waals surface area contributed by atoms with Crippen molar-refractivity contribution in [2.24, 2.45) is 0 Å². The molecule has 3 aromatic rings. The molecule has 0 aliphatic rings. The number of fused-ring (bicyclic) bond motifs is 3. The Balaban J connectivity index is 1.75. The molecule has 0 saturated heterocycles. The van der Waals surface area contributed by atoms with E-state index >= 15 is 0 Å². The fourth-order valence-corrected chi connectivity index (χ4v) is 2.66. The first-order valence-corrected chi connectivity index (χ1v) is 7.81. The normalized spacial score (nSPS) is 12.6. The van der Waals surface area contributed by atoms with Crippen molar-refractivity contribution in [1.82, 2.24) is 15.3 Å². The van der Waals surface area contributed by atoms with Crippen LogP contribution in [0.1, 0.15) is 32.3 Å². The number of hydrogen-bond acceptors (Lipinski definition) is 2. The predicted octanol–water partition coefficient (Wildman–Crippen LogP) is 3.56. The van der Waals surface area contributed by atoms with Crippen molar-refractivity contribution in [1.29, 1.82) is 0 Å². The highest BCUT2D eigenvalue weighted by Gasteiger charge is 2.08. The van der Waals surface area contributed by atoms with Gasteiger partial charge in [0.05, 0.1) is 0 Å². The van der Waals surface area contributed by atoms with Crippen LogP contribution in [0.4, 0.5) is 0 Å². The summed E-state index contributed by atoms with van der Waals surface area (Å²) in [5.74, 6) is 0.121. The molecule has 22 heavy (non-hydrogen) atoms. The van der Waals surface area contributed by atoms with Gasteiger partial charge in [0.15, 0.2) is 0 Å². The van der Waals surface area contributed by atoms with Crippen molar-refractivity contribution in [3.63, 3.8) is 0 Å². The van der Waals surface area contributed by atoms with Gasteiger partial charge in [-0.15, -0.1) is 0 Å². The number of aryl methyl sites for hydroxylation is 1. The molecule has 2 aromatic heterocycles. The van der Waals surface area contributed by atoms with E-state index in [0.717, 1.165) is 29.3 Å². The van der Waals surface area contributed by atoms with Crippen LogP contribution in [-0.4, -0.2) is 21.9 Å². The van der Waals surface area contributed by atoms with Crippen LogP contribution in [0.5, 0.6) is 0 Å². The van der Waals surface area contributed by atoms with Gasteiger partial charge >= 0.3 is 0 Å². The van der Waals surface area contributed by atoms with Gasteiger partial charge in [-0.2, -0.15) is 0 Å². The number of carbonyl (C=O) groups excluding carboxylic acids is 1. The zero-order valence-corrected chi connectivity index (χ0v) is 13.0. The van der Waals surface area contributed by atoms with E-state index in [1.807, 2.05) is 19.2 Å². The Morgan fingerprint density at radius 2 is 2.14 bits per heavy atom. The zero-order valence-electron chi connectivity index (χ0n) is 13.0. The van der Waals surface area contributed by atoms with Crippen molar-refractivity contribution < 1.29 is 4.79 Å². The van der Waals surface area contributed by atoms with Gasteiger partial charge in [0.25, 0.3) is 0 Å². The maximum Gasteiger partial charge on any atom is 0.220 e. The van der Waals surface area contributed by atoms with E-state index in [4.69, 9.17) is 0 Å². The number of hydrogen-bond donors (Lipinski definition) is 2. The number of aromatic nitrogens is 2. The molecule has 3 rings (SSSR count). The van der Waals surface area contributed by atoms with E-state index in [1.54, 1.807) is 6.20 Å². The molecule has 0 saturated carbocycles. The number of benzene rings is 1. The Hall–Kier alpha value is -2.36. The van der Waals surface area contributed by atoms with E-state index in [9.17, 15) is 4.79 Å². The predicted molar refractivity (Wildman–Crippen MR) is 89.8 cm³/mol. The van der Waals surface area contributed by atoms with E-state index in [0.29, 0.717) is 6.42 Å². The number of H-pyrrole nitrogens is 1. The first kappa shape index (κ1) is 14.6. The number of nitrogens with one attached hydrogen (secondary N) is 2. The van der Waals surface area contributed by atoms with Gasteiger partial charge in [0.1, 0.15) is 0 Å². The molecule has 0 aliphatic carbocycles. The molecule has 0 radical (unpaired) electrons. The highest BCUT2D eigenvalue weighted by molar-refractivity contribution is 6.06. The van der Waals surface area contributed by atoms with Crippen molar-refractivity contribution >= 4 is 27.7 Å². The van der Waals surface area contributed by atoms with E-state index in [2.05, 4.69) is 40.4 Å². The first-order valence-electron chi connectivity index (χ1n) is 7.81. The summed E-state index contributed by atoms with van der Waals surface area (Å²) < 4.78 is 0. The van der Waals surface area contributed by atoms with Gasteiger partial charge in [-0.1, -0.05) is 19.1 Å². The Kier molecular flexibility index (Phi) is 4.09. The second-order valence-corrected chi connectivity index (χ2v) is 5.80. The minimum atomic E-state index is 0.121. The molecule has 4 heteroatoms. The van der Waals surface area contributed by atoms with Crippen LogP contribution in [0.15, 0.2) is 36.7 Å². The van der Waals surface area contributed by atoms with Crippen molar-refractivity contribution in [2.75, 3.05) is 0 Å². The molecule has 0 bridgehead atoms. The lowest BCUT2D eigenvalue weighted by molar-refractivity contribution is -0.121. The zero-order chi connectivity index (χ0) is 15.5. The molecule has 1 aromatic carbocycles. The van der Waals surface area contributed by atoms with Crippen LogP contribution >= 0.6 is 0 Å². The van der Waals surface area contributed by atoms with Crippen molar-refractivity contribution in [3.8, 4) is 0 Å². The van der Waals surface area contributed by atoms with Crippen LogP contribution in [0, 0.1) is 0 Å². The van der Waals surface area contributed by atoms with Gasteiger partial charge in [0.2, 0.25) is 5.91 Å². The Bertz CT molecular complexity index is 806. The minimum Gasteiger partial charge on any atom is -0.354 e. The summed E-state index contributed by atoms with van der Waals surface area (Å²) in [6.45, 7) is 4.10. The third kappa shape index (κ3) is 2.96. The average molecular weight is 295 g/mol. The minimum absolute atomic E-state index is 0.121. The third-order valence-electron chi connectivity index (χ3n) is 4.13. The lowest BCUT2D eigenvalue weighted by Gasteiger charge is -2.11. The van der Waals surface area contributed by atoms with Crippen LogP contribution in [0.3, 0.4) is 0 Å². The molecule has 2 N–H and O–H groups in total. The largest absolute Gasteiger partial charge is 0.354 e. The van der Waals surface area contributed by atoms with Gasteiger partial charge in [-0.05, 0) is 37.5 Å². The van der Waals surface area contributed by atoms with Gasteiger partial charge in [-0.3, -0.25) is 9.78 Å². The quantitative estimate of drug-likeness (QED) is 0.756. The molecule has 0 aliphatic heterocycles. The third-order valence-corrected chi connectivity index (χ3v) is 4.13. The monoisotopic (exact) mass is 295 g/mol. The number of nitrogens with zero attached hydrogens (tertiary/aromatic N) is 1. The SMILES string of the molecule is CC[C@H](C)NC(=O)CCc1ccc2c(c1)[nH]c1ccncc12. The molecule has 1 amide bonds. The lowest BCUT2D eigenvalue weighted by Crippen LogP contribution is -2.31. The first-order chi connectivity index (χ1) is 10.7. The Morgan fingerprint density at radius 3 is 2.95 bits per heavy atom. The molecule has 0 spiro atoms. The van der Waals surface area contributed by atoms with Crippen LogP contribution in [0.2, 0.25) is 0 Å². The molecule has 0 unspecified atom stereocenters. The highest BCUT2D eigenvalue weighted by Crippen LogP contribution is 2.25. The van der Waals surface area contributed by atoms with E-state index < -0.39 is 0 Å². The fraction of sp³-hybridized carbons (Fsp3) is 0.333. The summed E-state index contributed by atoms with van der Waals surface area (Å²) in [5.41, 5.74) is 3.37. The van der Waals surface area contributed by atoms with Gasteiger partial charge in [0, 0.05) is 46.7 Å². The second-order valence-electron chi connectivity index (χ2n) is 5.80. The van der Waals surface area contributed by atoms with Crippen molar-refractivity contribution in [3.05, 3.63) is 42.2 Å². The number of rotatable bonds is 5.